The zero-order valence-electron chi connectivity index (χ0n) is 17.4. The maximum Gasteiger partial charge on any atom is 0.282 e. The number of morpholine rings is 1. The first-order valence-corrected chi connectivity index (χ1v) is 10.4. The Hall–Kier alpha value is -3.12. The summed E-state index contributed by atoms with van der Waals surface area (Å²) in [6.07, 6.45) is 0.835. The lowest BCUT2D eigenvalue weighted by Crippen LogP contribution is -2.40. The molecule has 2 amide bonds. The van der Waals surface area contributed by atoms with E-state index in [-0.39, 0.29) is 11.8 Å². The van der Waals surface area contributed by atoms with E-state index in [0.29, 0.717) is 55.6 Å². The van der Waals surface area contributed by atoms with Gasteiger partial charge in [-0.15, -0.1) is 0 Å². The Balaban J connectivity index is 1.80. The number of hydrogen-bond donors (Lipinski definition) is 0. The molecule has 0 aromatic heterocycles. The number of imide groups is 1. The highest BCUT2D eigenvalue weighted by atomic mass is 16.5. The maximum atomic E-state index is 13.6. The van der Waals surface area contributed by atoms with Gasteiger partial charge in [-0.1, -0.05) is 48.9 Å². The summed E-state index contributed by atoms with van der Waals surface area (Å²) in [6.45, 7) is 6.74. The molecule has 4 rings (SSSR count). The average molecular weight is 406 g/mol. The van der Waals surface area contributed by atoms with Crippen LogP contribution in [0.1, 0.15) is 24.5 Å². The van der Waals surface area contributed by atoms with Crippen molar-refractivity contribution < 1.29 is 19.1 Å². The molecule has 0 atom stereocenters. The van der Waals surface area contributed by atoms with Crippen LogP contribution >= 0.6 is 0 Å². The van der Waals surface area contributed by atoms with E-state index in [4.69, 9.17) is 9.47 Å². The number of hydrogen-bond acceptors (Lipinski definition) is 5. The monoisotopic (exact) mass is 406 g/mol. The quantitative estimate of drug-likeness (QED) is 0.688. The molecule has 1 saturated heterocycles. The number of ether oxygens (including phenoxy) is 2. The van der Waals surface area contributed by atoms with Crippen molar-refractivity contribution in [1.82, 2.24) is 4.90 Å². The zero-order valence-corrected chi connectivity index (χ0v) is 17.4. The lowest BCUT2D eigenvalue weighted by atomic mass is 10.0. The van der Waals surface area contributed by atoms with Gasteiger partial charge >= 0.3 is 0 Å². The number of rotatable bonds is 6. The molecule has 1 fully saturated rings. The Morgan fingerprint density at radius 3 is 2.37 bits per heavy atom. The molecule has 0 radical (unpaired) electrons. The van der Waals surface area contributed by atoms with Crippen LogP contribution in [-0.4, -0.2) is 49.6 Å². The van der Waals surface area contributed by atoms with E-state index in [9.17, 15) is 9.59 Å². The van der Waals surface area contributed by atoms with Crippen LogP contribution in [0.5, 0.6) is 5.75 Å². The summed E-state index contributed by atoms with van der Waals surface area (Å²) >= 11 is 0. The highest BCUT2D eigenvalue weighted by molar-refractivity contribution is 6.45. The van der Waals surface area contributed by atoms with Crippen molar-refractivity contribution >= 4 is 23.1 Å². The molecular weight excluding hydrogens is 380 g/mol. The molecule has 6 nitrogen and oxygen atoms in total. The molecule has 0 saturated carbocycles. The van der Waals surface area contributed by atoms with Gasteiger partial charge in [-0.2, -0.15) is 0 Å². The van der Waals surface area contributed by atoms with Gasteiger partial charge in [0.25, 0.3) is 11.8 Å². The predicted octanol–water partition coefficient (Wildman–Crippen LogP) is 3.40. The molecule has 2 aliphatic rings. The van der Waals surface area contributed by atoms with Crippen LogP contribution in [-0.2, 0) is 14.3 Å². The van der Waals surface area contributed by atoms with Gasteiger partial charge in [0, 0.05) is 13.1 Å². The van der Waals surface area contributed by atoms with Gasteiger partial charge in [0.15, 0.2) is 0 Å². The molecule has 30 heavy (non-hydrogen) atoms. The number of carbonyl (C=O) groups is 2. The van der Waals surface area contributed by atoms with E-state index in [1.807, 2.05) is 55.1 Å². The fourth-order valence-electron chi connectivity index (χ4n) is 3.77. The van der Waals surface area contributed by atoms with Crippen molar-refractivity contribution in [1.29, 1.82) is 0 Å². The SMILES string of the molecule is CCCOc1ccccc1N1C(=O)C(c2ccc(C)cc2)=C(N2CCOCC2)C1=O. The van der Waals surface area contributed by atoms with Crippen molar-refractivity contribution in [2.45, 2.75) is 20.3 Å². The first-order valence-electron chi connectivity index (χ1n) is 10.4. The fourth-order valence-corrected chi connectivity index (χ4v) is 3.77. The summed E-state index contributed by atoms with van der Waals surface area (Å²) < 4.78 is 11.3. The molecular formula is C24H26N2O4. The Labute approximate surface area is 176 Å². The topological polar surface area (TPSA) is 59.1 Å². The smallest absolute Gasteiger partial charge is 0.282 e. The third-order valence-corrected chi connectivity index (χ3v) is 5.29. The fraction of sp³-hybridized carbons (Fsp3) is 0.333. The van der Waals surface area contributed by atoms with Gasteiger partial charge in [-0.05, 0) is 31.0 Å². The van der Waals surface area contributed by atoms with Crippen LogP contribution in [0.2, 0.25) is 0 Å². The summed E-state index contributed by atoms with van der Waals surface area (Å²) in [5.74, 6) is -0.101. The number of nitrogens with zero attached hydrogens (tertiary/aromatic N) is 2. The van der Waals surface area contributed by atoms with Crippen molar-refractivity contribution in [2.75, 3.05) is 37.8 Å². The summed E-state index contributed by atoms with van der Waals surface area (Å²) in [4.78, 5) is 30.4. The Kier molecular flexibility index (Phi) is 5.86. The minimum atomic E-state index is -0.321. The minimum Gasteiger partial charge on any atom is -0.491 e. The third kappa shape index (κ3) is 3.71. The van der Waals surface area contributed by atoms with E-state index in [1.165, 1.54) is 4.90 Å². The number of para-hydroxylation sites is 2. The number of aryl methyl sites for hydroxylation is 1. The molecule has 2 aromatic rings. The number of carbonyl (C=O) groups excluding carboxylic acids is 2. The van der Waals surface area contributed by atoms with E-state index in [2.05, 4.69) is 0 Å². The largest absolute Gasteiger partial charge is 0.491 e. The highest BCUT2D eigenvalue weighted by Gasteiger charge is 2.43. The van der Waals surface area contributed by atoms with Gasteiger partial charge in [-0.3, -0.25) is 9.59 Å². The molecule has 156 valence electrons. The Morgan fingerprint density at radius 2 is 1.67 bits per heavy atom. The summed E-state index contributed by atoms with van der Waals surface area (Å²) in [5.41, 5.74) is 3.20. The molecule has 0 N–H and O–H groups in total. The predicted molar refractivity (Wildman–Crippen MR) is 115 cm³/mol. The lowest BCUT2D eigenvalue weighted by Gasteiger charge is -2.29. The maximum absolute atomic E-state index is 13.6. The van der Waals surface area contributed by atoms with Crippen LogP contribution in [0.15, 0.2) is 54.2 Å². The molecule has 0 bridgehead atoms. The zero-order chi connectivity index (χ0) is 21.1. The van der Waals surface area contributed by atoms with Crippen LogP contribution in [0, 0.1) is 6.92 Å². The summed E-state index contributed by atoms with van der Waals surface area (Å²) in [7, 11) is 0. The van der Waals surface area contributed by atoms with Crippen LogP contribution in [0.4, 0.5) is 5.69 Å². The second kappa shape index (κ2) is 8.71. The highest BCUT2D eigenvalue weighted by Crippen LogP contribution is 2.38. The van der Waals surface area contributed by atoms with Crippen molar-refractivity contribution in [3.05, 3.63) is 65.4 Å². The summed E-state index contributed by atoms with van der Waals surface area (Å²) in [6, 6.07) is 14.9. The molecule has 0 spiro atoms. The second-order valence-electron chi connectivity index (χ2n) is 7.45. The van der Waals surface area contributed by atoms with E-state index >= 15 is 0 Å². The van der Waals surface area contributed by atoms with E-state index < -0.39 is 0 Å². The van der Waals surface area contributed by atoms with Gasteiger partial charge in [0.2, 0.25) is 0 Å². The van der Waals surface area contributed by atoms with Crippen molar-refractivity contribution in [3.63, 3.8) is 0 Å². The van der Waals surface area contributed by atoms with Gasteiger partial charge in [0.05, 0.1) is 31.1 Å². The molecule has 6 heteroatoms. The molecule has 2 heterocycles. The standard InChI is InChI=1S/C24H26N2O4/c1-3-14-30-20-7-5-4-6-19(20)26-23(27)21(18-10-8-17(2)9-11-18)22(24(26)28)25-12-15-29-16-13-25/h4-11H,3,12-16H2,1-2H3. The lowest BCUT2D eigenvalue weighted by molar-refractivity contribution is -0.121. The first kappa shape index (κ1) is 20.2. The molecule has 0 unspecified atom stereocenters. The normalized spacial score (nSPS) is 17.1. The summed E-state index contributed by atoms with van der Waals surface area (Å²) in [5, 5.41) is 0. The van der Waals surface area contributed by atoms with Gasteiger partial charge < -0.3 is 14.4 Å². The Bertz CT molecular complexity index is 975. The van der Waals surface area contributed by atoms with Crippen molar-refractivity contribution in [3.8, 4) is 5.75 Å². The number of amides is 2. The molecule has 2 aliphatic heterocycles. The van der Waals surface area contributed by atoms with Crippen LogP contribution in [0.3, 0.4) is 0 Å². The number of anilines is 1. The van der Waals surface area contributed by atoms with Gasteiger partial charge in [0.1, 0.15) is 11.4 Å². The van der Waals surface area contributed by atoms with Crippen LogP contribution in [0.25, 0.3) is 5.57 Å². The molecule has 0 aliphatic carbocycles. The molecule has 2 aromatic carbocycles. The minimum absolute atomic E-state index is 0.315. The van der Waals surface area contributed by atoms with E-state index in [1.54, 1.807) is 12.1 Å². The Morgan fingerprint density at radius 1 is 0.967 bits per heavy atom. The average Bonchev–Trinajstić information content (AvgIpc) is 3.03. The van der Waals surface area contributed by atoms with E-state index in [0.717, 1.165) is 17.5 Å². The third-order valence-electron chi connectivity index (χ3n) is 5.29. The number of benzene rings is 2. The van der Waals surface area contributed by atoms with Gasteiger partial charge in [-0.25, -0.2) is 4.90 Å². The van der Waals surface area contributed by atoms with Crippen LogP contribution < -0.4 is 9.64 Å². The first-order chi connectivity index (χ1) is 14.6. The van der Waals surface area contributed by atoms with Crippen molar-refractivity contribution in [2.24, 2.45) is 0 Å². The second-order valence-corrected chi connectivity index (χ2v) is 7.45.